The van der Waals surface area contributed by atoms with E-state index in [9.17, 15) is 19.0 Å². The molecule has 0 aromatic heterocycles. The number of carbonyl (C=O) groups is 2. The van der Waals surface area contributed by atoms with Crippen LogP contribution in [0.15, 0.2) is 72.9 Å². The highest BCUT2D eigenvalue weighted by molar-refractivity contribution is 7.45. The van der Waals surface area contributed by atoms with Crippen molar-refractivity contribution < 1.29 is 42.1 Å². The molecule has 0 spiro atoms. The van der Waals surface area contributed by atoms with E-state index >= 15 is 0 Å². The lowest BCUT2D eigenvalue weighted by Gasteiger charge is -2.28. The number of phosphoric acid groups is 1. The zero-order valence-electron chi connectivity index (χ0n) is 31.8. The lowest BCUT2D eigenvalue weighted by Crippen LogP contribution is -2.37. The van der Waals surface area contributed by atoms with Crippen LogP contribution in [0.2, 0.25) is 0 Å². The largest absolute Gasteiger partial charge is 0.756 e. The summed E-state index contributed by atoms with van der Waals surface area (Å²) in [7, 11) is 1.10. The highest BCUT2D eigenvalue weighted by atomic mass is 31.2. The van der Waals surface area contributed by atoms with Crippen molar-refractivity contribution in [2.75, 3.05) is 47.5 Å². The number of unbranched alkanes of at least 4 members (excludes halogenated alkanes) is 10. The number of phosphoric ester groups is 1. The highest BCUT2D eigenvalue weighted by Crippen LogP contribution is 2.38. The summed E-state index contributed by atoms with van der Waals surface area (Å²) in [5, 5.41) is 0. The van der Waals surface area contributed by atoms with Crippen molar-refractivity contribution in [3.63, 3.8) is 0 Å². The number of ether oxygens (including phenoxy) is 2. The van der Waals surface area contributed by atoms with Crippen LogP contribution < -0.4 is 4.89 Å². The highest BCUT2D eigenvalue weighted by Gasteiger charge is 2.21. The molecule has 0 rings (SSSR count). The van der Waals surface area contributed by atoms with Gasteiger partial charge in [-0.25, -0.2) is 0 Å². The molecule has 0 heterocycles. The van der Waals surface area contributed by atoms with E-state index in [1.54, 1.807) is 0 Å². The molecule has 0 aliphatic heterocycles. The Morgan fingerprint density at radius 2 is 1.18 bits per heavy atom. The molecule has 9 nitrogen and oxygen atoms in total. The van der Waals surface area contributed by atoms with Crippen molar-refractivity contribution in [3.05, 3.63) is 72.9 Å². The standard InChI is InChI=1S/C40H68NO8P/c1-6-8-10-12-14-16-18-20-22-24-26-28-30-32-39(42)46-36-38(37-48-50(44,45)47-35-34-41(3,4)5)49-40(43)33-31-29-27-25-23-21-19-17-15-13-11-9-7-2/h9,11,13,15,17,19-23,25,27,38H,6-8,10,12,14,16,18,24,26,28-37H2,1-5H3/b11-9+,15-13+,19-17+,22-20+,23-21+,27-25+. The molecule has 0 radical (unpaired) electrons. The van der Waals surface area contributed by atoms with E-state index in [2.05, 4.69) is 32.1 Å². The summed E-state index contributed by atoms with van der Waals surface area (Å²) in [5.41, 5.74) is 0. The van der Waals surface area contributed by atoms with Gasteiger partial charge in [0.15, 0.2) is 6.10 Å². The summed E-state index contributed by atoms with van der Waals surface area (Å²) < 4.78 is 33.6. The maximum Gasteiger partial charge on any atom is 0.306 e. The summed E-state index contributed by atoms with van der Waals surface area (Å²) in [6.45, 7) is 3.92. The molecule has 10 heteroatoms. The molecular formula is C40H68NO8P. The van der Waals surface area contributed by atoms with Gasteiger partial charge in [-0.1, -0.05) is 125 Å². The SMILES string of the molecule is CC/C=C/C=C/C=C/C=C/C=C/CCCC(=O)OC(COC(=O)CCCCC/C=C/CCCCCCCC)COP(=O)([O-])OCC[N+](C)(C)C. The Hall–Kier alpha value is -2.55. The summed E-state index contributed by atoms with van der Waals surface area (Å²) in [4.78, 5) is 37.3. The number of carbonyl (C=O) groups excluding carboxylic acids is 2. The first-order chi connectivity index (χ1) is 24.0. The number of esters is 2. The lowest BCUT2D eigenvalue weighted by molar-refractivity contribution is -0.870. The fourth-order valence-corrected chi connectivity index (χ4v) is 5.11. The van der Waals surface area contributed by atoms with Crippen molar-refractivity contribution in [2.45, 2.75) is 123 Å². The number of hydrogen-bond acceptors (Lipinski definition) is 8. The molecule has 0 aliphatic rings. The van der Waals surface area contributed by atoms with Crippen LogP contribution in [0.1, 0.15) is 117 Å². The molecule has 0 saturated heterocycles. The molecule has 0 N–H and O–H groups in total. The Kier molecular flexibility index (Phi) is 30.7. The van der Waals surface area contributed by atoms with Gasteiger partial charge in [-0.2, -0.15) is 0 Å². The summed E-state index contributed by atoms with van der Waals surface area (Å²) >= 11 is 0. The minimum Gasteiger partial charge on any atom is -0.756 e. The summed E-state index contributed by atoms with van der Waals surface area (Å²) in [5.74, 6) is -0.951. The maximum absolute atomic E-state index is 12.6. The van der Waals surface area contributed by atoms with Gasteiger partial charge in [-0.05, 0) is 51.4 Å². The van der Waals surface area contributed by atoms with E-state index in [1.807, 2.05) is 75.8 Å². The van der Waals surface area contributed by atoms with Gasteiger partial charge in [0.25, 0.3) is 7.82 Å². The zero-order chi connectivity index (χ0) is 37.2. The van der Waals surface area contributed by atoms with Crippen LogP contribution >= 0.6 is 7.82 Å². The van der Waals surface area contributed by atoms with Gasteiger partial charge in [0, 0.05) is 12.8 Å². The van der Waals surface area contributed by atoms with E-state index in [0.717, 1.165) is 32.1 Å². The fraction of sp³-hybridized carbons (Fsp3) is 0.650. The Balaban J connectivity index is 4.63. The molecular weight excluding hydrogens is 653 g/mol. The molecule has 0 fully saturated rings. The smallest absolute Gasteiger partial charge is 0.306 e. The van der Waals surface area contributed by atoms with E-state index in [-0.39, 0.29) is 26.1 Å². The van der Waals surface area contributed by atoms with Gasteiger partial charge in [0.2, 0.25) is 0 Å². The molecule has 2 unspecified atom stereocenters. The molecule has 0 aromatic rings. The average molecular weight is 722 g/mol. The third kappa shape index (κ3) is 35.3. The van der Waals surface area contributed by atoms with Crippen molar-refractivity contribution in [2.24, 2.45) is 0 Å². The van der Waals surface area contributed by atoms with Crippen LogP contribution in [0.5, 0.6) is 0 Å². The van der Waals surface area contributed by atoms with E-state index in [0.29, 0.717) is 30.3 Å². The van der Waals surface area contributed by atoms with Crippen molar-refractivity contribution in [3.8, 4) is 0 Å². The topological polar surface area (TPSA) is 111 Å². The minimum atomic E-state index is -4.64. The summed E-state index contributed by atoms with van der Waals surface area (Å²) in [6.07, 6.45) is 38.1. The number of quaternary nitrogens is 1. The van der Waals surface area contributed by atoms with Gasteiger partial charge < -0.3 is 27.9 Å². The number of nitrogens with zero attached hydrogens (tertiary/aromatic N) is 1. The van der Waals surface area contributed by atoms with Gasteiger partial charge >= 0.3 is 11.9 Å². The first-order valence-electron chi connectivity index (χ1n) is 18.7. The van der Waals surface area contributed by atoms with Crippen LogP contribution in [0.3, 0.4) is 0 Å². The van der Waals surface area contributed by atoms with E-state index in [1.165, 1.54) is 38.5 Å². The molecule has 0 bridgehead atoms. The molecule has 0 amide bonds. The monoisotopic (exact) mass is 721 g/mol. The second-order valence-electron chi connectivity index (χ2n) is 13.3. The average Bonchev–Trinajstić information content (AvgIpc) is 3.06. The van der Waals surface area contributed by atoms with Gasteiger partial charge in [-0.3, -0.25) is 14.2 Å². The number of allylic oxidation sites excluding steroid dienone is 12. The second-order valence-corrected chi connectivity index (χ2v) is 14.7. The quantitative estimate of drug-likeness (QED) is 0.0169. The zero-order valence-corrected chi connectivity index (χ0v) is 32.7. The van der Waals surface area contributed by atoms with Crippen LogP contribution in [-0.2, 0) is 32.7 Å². The van der Waals surface area contributed by atoms with E-state index < -0.39 is 32.5 Å². The molecule has 0 aromatic carbocycles. The van der Waals surface area contributed by atoms with Crippen LogP contribution in [0.25, 0.3) is 0 Å². The van der Waals surface area contributed by atoms with Gasteiger partial charge in [-0.15, -0.1) is 0 Å². The lowest BCUT2D eigenvalue weighted by atomic mass is 10.1. The Morgan fingerprint density at radius 3 is 1.80 bits per heavy atom. The minimum absolute atomic E-state index is 0.0503. The Bertz CT molecular complexity index is 1090. The third-order valence-corrected chi connectivity index (χ3v) is 8.30. The Labute approximate surface area is 304 Å². The van der Waals surface area contributed by atoms with Crippen LogP contribution in [0, 0.1) is 0 Å². The molecule has 50 heavy (non-hydrogen) atoms. The Morgan fingerprint density at radius 1 is 0.640 bits per heavy atom. The number of hydrogen-bond donors (Lipinski definition) is 0. The van der Waals surface area contributed by atoms with E-state index in [4.69, 9.17) is 18.5 Å². The molecule has 0 saturated carbocycles. The molecule has 2 atom stereocenters. The van der Waals surface area contributed by atoms with Crippen LogP contribution in [0.4, 0.5) is 0 Å². The van der Waals surface area contributed by atoms with Crippen molar-refractivity contribution >= 4 is 19.8 Å². The van der Waals surface area contributed by atoms with Crippen LogP contribution in [-0.4, -0.2) is 70.0 Å². The summed E-state index contributed by atoms with van der Waals surface area (Å²) in [6, 6.07) is 0. The van der Waals surface area contributed by atoms with Gasteiger partial charge in [0.1, 0.15) is 19.8 Å². The third-order valence-electron chi connectivity index (χ3n) is 7.34. The molecule has 286 valence electrons. The number of likely N-dealkylation sites (N-methyl/N-ethyl adjacent to an activating group) is 1. The first-order valence-corrected chi connectivity index (χ1v) is 20.2. The maximum atomic E-state index is 12.6. The van der Waals surface area contributed by atoms with Crippen molar-refractivity contribution in [1.29, 1.82) is 0 Å². The predicted octanol–water partition coefficient (Wildman–Crippen LogP) is 9.27. The normalized spacial score (nSPS) is 14.6. The fourth-order valence-electron chi connectivity index (χ4n) is 4.38. The molecule has 0 aliphatic carbocycles. The predicted molar refractivity (Wildman–Crippen MR) is 203 cm³/mol. The second kappa shape index (κ2) is 32.4. The first kappa shape index (κ1) is 47.4. The van der Waals surface area contributed by atoms with Gasteiger partial charge in [0.05, 0.1) is 27.7 Å². The number of rotatable bonds is 32. The van der Waals surface area contributed by atoms with Crippen molar-refractivity contribution in [1.82, 2.24) is 0 Å².